The molecule has 1 rings (SSSR count). The number of nitrogens with two attached hydrogens (primary N) is 1. The van der Waals surface area contributed by atoms with Crippen molar-refractivity contribution < 1.29 is 9.47 Å². The molecule has 0 atom stereocenters. The van der Waals surface area contributed by atoms with E-state index in [0.29, 0.717) is 6.61 Å². The van der Waals surface area contributed by atoms with E-state index in [2.05, 4.69) is 0 Å². The maximum atomic E-state index is 5.73. The van der Waals surface area contributed by atoms with Crippen molar-refractivity contribution >= 4 is 5.69 Å². The highest BCUT2D eigenvalue weighted by Gasteiger charge is 2.04. The Morgan fingerprint density at radius 1 is 1.13 bits per heavy atom. The maximum Gasteiger partial charge on any atom is 0.125 e. The lowest BCUT2D eigenvalue weighted by atomic mass is 10.1. The Bertz CT molecular complexity index is 300. The van der Waals surface area contributed by atoms with E-state index in [4.69, 9.17) is 15.2 Å². The van der Waals surface area contributed by atoms with Gasteiger partial charge in [0.1, 0.15) is 5.75 Å². The van der Waals surface area contributed by atoms with Crippen LogP contribution in [0.3, 0.4) is 0 Å². The van der Waals surface area contributed by atoms with E-state index in [-0.39, 0.29) is 0 Å². The Kier molecular flexibility index (Phi) is 4.43. The van der Waals surface area contributed by atoms with E-state index in [9.17, 15) is 0 Å². The highest BCUT2D eigenvalue weighted by molar-refractivity contribution is 5.52. The van der Waals surface area contributed by atoms with Crippen molar-refractivity contribution in [2.24, 2.45) is 0 Å². The van der Waals surface area contributed by atoms with Crippen LogP contribution in [0.5, 0.6) is 5.75 Å². The quantitative estimate of drug-likeness (QED) is 0.598. The van der Waals surface area contributed by atoms with E-state index in [1.54, 1.807) is 7.11 Å². The first-order chi connectivity index (χ1) is 7.15. The predicted molar refractivity (Wildman–Crippen MR) is 62.3 cm³/mol. The Morgan fingerprint density at radius 3 is 2.27 bits per heavy atom. The molecule has 3 heteroatoms. The van der Waals surface area contributed by atoms with E-state index in [1.165, 1.54) is 0 Å². The molecule has 2 N–H and O–H groups in total. The first kappa shape index (κ1) is 11.9. The van der Waals surface area contributed by atoms with Crippen molar-refractivity contribution in [3.8, 4) is 5.75 Å². The Morgan fingerprint density at radius 2 is 1.73 bits per heavy atom. The predicted octanol–water partition coefficient (Wildman–Crippen LogP) is 2.30. The van der Waals surface area contributed by atoms with Gasteiger partial charge in [-0.15, -0.1) is 0 Å². The van der Waals surface area contributed by atoms with Crippen molar-refractivity contribution in [2.75, 3.05) is 26.1 Å². The third-order valence-electron chi connectivity index (χ3n) is 2.22. The van der Waals surface area contributed by atoms with Crippen molar-refractivity contribution in [3.63, 3.8) is 0 Å². The number of hydrogen-bond acceptors (Lipinski definition) is 3. The van der Waals surface area contributed by atoms with Gasteiger partial charge in [-0.25, -0.2) is 0 Å². The number of nitrogen functional groups attached to an aromatic ring is 1. The minimum Gasteiger partial charge on any atom is -0.493 e. The summed E-state index contributed by atoms with van der Waals surface area (Å²) in [6.45, 7) is 5.43. The number of rotatable bonds is 5. The molecule has 1 aromatic carbocycles. The van der Waals surface area contributed by atoms with Crippen LogP contribution in [0.25, 0.3) is 0 Å². The van der Waals surface area contributed by atoms with E-state index >= 15 is 0 Å². The van der Waals surface area contributed by atoms with Crippen LogP contribution in [0, 0.1) is 13.8 Å². The van der Waals surface area contributed by atoms with Gasteiger partial charge in [-0.1, -0.05) is 0 Å². The molecule has 0 bridgehead atoms. The SMILES string of the molecule is COCCCOc1c(C)cc(N)cc1C. The van der Waals surface area contributed by atoms with Crippen LogP contribution in [0.4, 0.5) is 5.69 Å². The first-order valence-corrected chi connectivity index (χ1v) is 5.13. The molecule has 0 aliphatic heterocycles. The fraction of sp³-hybridized carbons (Fsp3) is 0.500. The van der Waals surface area contributed by atoms with Crippen molar-refractivity contribution in [2.45, 2.75) is 20.3 Å². The summed E-state index contributed by atoms with van der Waals surface area (Å²) in [5.74, 6) is 0.945. The molecular formula is C12H19NO2. The fourth-order valence-corrected chi connectivity index (χ4v) is 1.59. The molecule has 0 aliphatic rings. The third kappa shape index (κ3) is 3.44. The van der Waals surface area contributed by atoms with Crippen molar-refractivity contribution in [1.29, 1.82) is 0 Å². The first-order valence-electron chi connectivity index (χ1n) is 5.13. The van der Waals surface area contributed by atoms with Gasteiger partial charge < -0.3 is 15.2 Å². The van der Waals surface area contributed by atoms with Crippen LogP contribution in [0.15, 0.2) is 12.1 Å². The van der Waals surface area contributed by atoms with Crippen LogP contribution in [0.2, 0.25) is 0 Å². The van der Waals surface area contributed by atoms with E-state index in [1.807, 2.05) is 26.0 Å². The summed E-state index contributed by atoms with van der Waals surface area (Å²) in [6, 6.07) is 3.86. The summed E-state index contributed by atoms with van der Waals surface area (Å²) in [4.78, 5) is 0. The summed E-state index contributed by atoms with van der Waals surface area (Å²) in [7, 11) is 1.69. The summed E-state index contributed by atoms with van der Waals surface area (Å²) in [5, 5.41) is 0. The molecule has 0 spiro atoms. The molecule has 3 nitrogen and oxygen atoms in total. The normalized spacial score (nSPS) is 10.3. The molecule has 0 fully saturated rings. The second-order valence-electron chi connectivity index (χ2n) is 3.68. The number of aryl methyl sites for hydroxylation is 2. The number of ether oxygens (including phenoxy) is 2. The summed E-state index contributed by atoms with van der Waals surface area (Å²) < 4.78 is 10.6. The molecule has 0 unspecified atom stereocenters. The lowest BCUT2D eigenvalue weighted by Crippen LogP contribution is -2.04. The second kappa shape index (κ2) is 5.61. The standard InChI is InChI=1S/C12H19NO2/c1-9-7-11(13)8-10(2)12(9)15-6-4-5-14-3/h7-8H,4-6,13H2,1-3H3. The zero-order valence-electron chi connectivity index (χ0n) is 9.67. The Labute approximate surface area is 91.2 Å². The molecule has 1 aromatic rings. The molecule has 0 amide bonds. The van der Waals surface area contributed by atoms with Gasteiger partial charge in [0.15, 0.2) is 0 Å². The smallest absolute Gasteiger partial charge is 0.125 e. The molecule has 0 saturated heterocycles. The molecule has 15 heavy (non-hydrogen) atoms. The molecular weight excluding hydrogens is 190 g/mol. The summed E-state index contributed by atoms with van der Waals surface area (Å²) in [6.07, 6.45) is 0.903. The zero-order chi connectivity index (χ0) is 11.3. The molecule has 0 saturated carbocycles. The lowest BCUT2D eigenvalue weighted by Gasteiger charge is -2.12. The fourth-order valence-electron chi connectivity index (χ4n) is 1.59. The molecule has 0 aromatic heterocycles. The van der Waals surface area contributed by atoms with E-state index in [0.717, 1.165) is 35.6 Å². The number of benzene rings is 1. The molecule has 84 valence electrons. The van der Waals surface area contributed by atoms with Crippen LogP contribution < -0.4 is 10.5 Å². The number of anilines is 1. The largest absolute Gasteiger partial charge is 0.493 e. The number of methoxy groups -OCH3 is 1. The monoisotopic (exact) mass is 209 g/mol. The average Bonchev–Trinajstić information content (AvgIpc) is 2.15. The van der Waals surface area contributed by atoms with E-state index < -0.39 is 0 Å². The van der Waals surface area contributed by atoms with Crippen LogP contribution in [0.1, 0.15) is 17.5 Å². The Balaban J connectivity index is 2.60. The van der Waals surface area contributed by atoms with Gasteiger partial charge >= 0.3 is 0 Å². The minimum atomic E-state index is 0.680. The summed E-state index contributed by atoms with van der Waals surface area (Å²) >= 11 is 0. The van der Waals surface area contributed by atoms with Gasteiger partial charge in [0, 0.05) is 25.8 Å². The highest BCUT2D eigenvalue weighted by Crippen LogP contribution is 2.25. The van der Waals surface area contributed by atoms with Crippen LogP contribution >= 0.6 is 0 Å². The topological polar surface area (TPSA) is 44.5 Å². The summed E-state index contributed by atoms with van der Waals surface area (Å²) in [5.41, 5.74) is 8.69. The number of hydrogen-bond donors (Lipinski definition) is 1. The molecule has 0 heterocycles. The molecule has 0 radical (unpaired) electrons. The maximum absolute atomic E-state index is 5.73. The zero-order valence-corrected chi connectivity index (χ0v) is 9.67. The van der Waals surface area contributed by atoms with Gasteiger partial charge in [-0.2, -0.15) is 0 Å². The van der Waals surface area contributed by atoms with Crippen LogP contribution in [-0.2, 0) is 4.74 Å². The van der Waals surface area contributed by atoms with Gasteiger partial charge in [0.05, 0.1) is 6.61 Å². The second-order valence-corrected chi connectivity index (χ2v) is 3.68. The molecule has 0 aliphatic carbocycles. The van der Waals surface area contributed by atoms with Crippen molar-refractivity contribution in [3.05, 3.63) is 23.3 Å². The van der Waals surface area contributed by atoms with Gasteiger partial charge in [0.2, 0.25) is 0 Å². The Hall–Kier alpha value is -1.22. The van der Waals surface area contributed by atoms with Gasteiger partial charge in [-0.05, 0) is 37.1 Å². The average molecular weight is 209 g/mol. The van der Waals surface area contributed by atoms with Gasteiger partial charge in [0.25, 0.3) is 0 Å². The highest BCUT2D eigenvalue weighted by atomic mass is 16.5. The van der Waals surface area contributed by atoms with Crippen molar-refractivity contribution in [1.82, 2.24) is 0 Å². The minimum absolute atomic E-state index is 0.680. The third-order valence-corrected chi connectivity index (χ3v) is 2.22. The van der Waals surface area contributed by atoms with Crippen LogP contribution in [-0.4, -0.2) is 20.3 Å². The lowest BCUT2D eigenvalue weighted by molar-refractivity contribution is 0.171. The van der Waals surface area contributed by atoms with Gasteiger partial charge in [-0.3, -0.25) is 0 Å².